The molecule has 3 rings (SSSR count). The van der Waals surface area contributed by atoms with Crippen molar-refractivity contribution in [2.75, 3.05) is 18.1 Å². The summed E-state index contributed by atoms with van der Waals surface area (Å²) in [7, 11) is -3.15. The summed E-state index contributed by atoms with van der Waals surface area (Å²) in [5.74, 6) is -1.04. The van der Waals surface area contributed by atoms with Gasteiger partial charge in [0.15, 0.2) is 16.4 Å². The molecule has 1 aliphatic heterocycles. The van der Waals surface area contributed by atoms with Crippen molar-refractivity contribution in [2.24, 2.45) is 0 Å². The van der Waals surface area contributed by atoms with Crippen LogP contribution in [0.5, 0.6) is 0 Å². The van der Waals surface area contributed by atoms with Crippen molar-refractivity contribution in [3.8, 4) is 0 Å². The molecule has 1 saturated heterocycles. The SMILES string of the molecule is O=C(OCC(=O)N(Cc1ccccc1)[C@H]1CCS(=O)(=O)C1)c1ccncc1. The third-order valence-electron chi connectivity index (χ3n) is 4.41. The number of amides is 1. The summed E-state index contributed by atoms with van der Waals surface area (Å²) in [6, 6.07) is 11.9. The minimum atomic E-state index is -3.15. The maximum absolute atomic E-state index is 12.7. The monoisotopic (exact) mass is 388 g/mol. The summed E-state index contributed by atoms with van der Waals surface area (Å²) in [5.41, 5.74) is 1.19. The fourth-order valence-electron chi connectivity index (χ4n) is 3.00. The van der Waals surface area contributed by atoms with E-state index in [1.807, 2.05) is 30.3 Å². The molecule has 0 saturated carbocycles. The second-order valence-corrected chi connectivity index (χ2v) is 8.60. The Bertz CT molecular complexity index is 900. The fourth-order valence-corrected chi connectivity index (χ4v) is 4.73. The van der Waals surface area contributed by atoms with Gasteiger partial charge >= 0.3 is 5.97 Å². The van der Waals surface area contributed by atoms with E-state index >= 15 is 0 Å². The molecule has 1 aromatic heterocycles. The Morgan fingerprint density at radius 1 is 1.11 bits per heavy atom. The van der Waals surface area contributed by atoms with Gasteiger partial charge in [0, 0.05) is 25.0 Å². The molecule has 7 nitrogen and oxygen atoms in total. The van der Waals surface area contributed by atoms with Crippen molar-refractivity contribution in [3.05, 3.63) is 66.0 Å². The Morgan fingerprint density at radius 3 is 2.44 bits per heavy atom. The molecule has 1 amide bonds. The van der Waals surface area contributed by atoms with Gasteiger partial charge in [0.25, 0.3) is 5.91 Å². The van der Waals surface area contributed by atoms with E-state index in [9.17, 15) is 18.0 Å². The number of rotatable bonds is 6. The normalized spacial score (nSPS) is 18.0. The first-order valence-electron chi connectivity index (χ1n) is 8.55. The number of carbonyl (C=O) groups excluding carboxylic acids is 2. The second-order valence-electron chi connectivity index (χ2n) is 6.38. The summed E-state index contributed by atoms with van der Waals surface area (Å²) < 4.78 is 28.8. The van der Waals surface area contributed by atoms with Crippen molar-refractivity contribution in [2.45, 2.75) is 19.0 Å². The minimum Gasteiger partial charge on any atom is -0.452 e. The van der Waals surface area contributed by atoms with Crippen molar-refractivity contribution in [1.29, 1.82) is 0 Å². The fraction of sp³-hybridized carbons (Fsp3) is 0.316. The van der Waals surface area contributed by atoms with Gasteiger partial charge in [-0.25, -0.2) is 13.2 Å². The average molecular weight is 388 g/mol. The van der Waals surface area contributed by atoms with Gasteiger partial charge in [0.05, 0.1) is 17.1 Å². The molecule has 142 valence electrons. The Balaban J connectivity index is 1.69. The molecule has 0 aliphatic carbocycles. The molecule has 0 bridgehead atoms. The van der Waals surface area contributed by atoms with Gasteiger partial charge in [0.1, 0.15) is 0 Å². The van der Waals surface area contributed by atoms with Gasteiger partial charge in [-0.05, 0) is 24.1 Å². The largest absolute Gasteiger partial charge is 0.452 e. The lowest BCUT2D eigenvalue weighted by atomic mass is 10.1. The van der Waals surface area contributed by atoms with Crippen LogP contribution in [-0.2, 0) is 25.9 Å². The third-order valence-corrected chi connectivity index (χ3v) is 6.16. The predicted octanol–water partition coefficient (Wildman–Crippen LogP) is 1.45. The summed E-state index contributed by atoms with van der Waals surface area (Å²) >= 11 is 0. The molecule has 8 heteroatoms. The summed E-state index contributed by atoms with van der Waals surface area (Å²) in [6.07, 6.45) is 3.31. The number of ether oxygens (including phenoxy) is 1. The molecule has 1 aliphatic rings. The van der Waals surface area contributed by atoms with Crippen molar-refractivity contribution in [3.63, 3.8) is 0 Å². The molecular weight excluding hydrogens is 368 g/mol. The van der Waals surface area contributed by atoms with Crippen molar-refractivity contribution < 1.29 is 22.7 Å². The summed E-state index contributed by atoms with van der Waals surface area (Å²) in [6.45, 7) is -0.169. The Morgan fingerprint density at radius 2 is 1.81 bits per heavy atom. The van der Waals surface area contributed by atoms with Crippen LogP contribution in [0.1, 0.15) is 22.3 Å². The van der Waals surface area contributed by atoms with E-state index in [-0.39, 0.29) is 18.1 Å². The Kier molecular flexibility index (Phi) is 5.85. The number of pyridine rings is 1. The number of benzene rings is 1. The van der Waals surface area contributed by atoms with Gasteiger partial charge in [-0.1, -0.05) is 30.3 Å². The van der Waals surface area contributed by atoms with Crippen molar-refractivity contribution in [1.82, 2.24) is 9.88 Å². The first-order valence-corrected chi connectivity index (χ1v) is 10.4. The number of hydrogen-bond donors (Lipinski definition) is 0. The maximum Gasteiger partial charge on any atom is 0.338 e. The molecule has 0 N–H and O–H groups in total. The van der Waals surface area contributed by atoms with Crippen molar-refractivity contribution >= 4 is 21.7 Å². The zero-order chi connectivity index (χ0) is 19.3. The standard InChI is InChI=1S/C19H20N2O5S/c22-18(13-26-19(23)16-6-9-20-10-7-16)21(12-15-4-2-1-3-5-15)17-8-11-27(24,25)14-17/h1-7,9-10,17H,8,11-14H2/t17-/m0/s1. The van der Waals surface area contributed by atoms with Gasteiger partial charge < -0.3 is 9.64 Å². The number of nitrogens with zero attached hydrogens (tertiary/aromatic N) is 2. The quantitative estimate of drug-likeness (QED) is 0.696. The van der Waals surface area contributed by atoms with E-state index in [0.717, 1.165) is 5.56 Å². The lowest BCUT2D eigenvalue weighted by molar-refractivity contribution is -0.137. The highest BCUT2D eigenvalue weighted by atomic mass is 32.2. The summed E-state index contributed by atoms with van der Waals surface area (Å²) in [4.78, 5) is 30.1. The molecule has 2 heterocycles. The highest BCUT2D eigenvalue weighted by molar-refractivity contribution is 7.91. The van der Waals surface area contributed by atoms with Crippen LogP contribution in [-0.4, -0.2) is 54.3 Å². The first-order chi connectivity index (χ1) is 12.9. The van der Waals surface area contributed by atoms with Crippen LogP contribution in [0.25, 0.3) is 0 Å². The van der Waals surface area contributed by atoms with Crippen LogP contribution in [0.15, 0.2) is 54.9 Å². The highest BCUT2D eigenvalue weighted by Crippen LogP contribution is 2.20. The Labute approximate surface area is 157 Å². The summed E-state index contributed by atoms with van der Waals surface area (Å²) in [5, 5.41) is 0. The number of hydrogen-bond acceptors (Lipinski definition) is 6. The van der Waals surface area contributed by atoms with E-state index in [2.05, 4.69) is 4.98 Å². The molecule has 1 aromatic carbocycles. The van der Waals surface area contributed by atoms with Crippen LogP contribution in [0.3, 0.4) is 0 Å². The minimum absolute atomic E-state index is 0.0625. The van der Waals surface area contributed by atoms with Crippen LogP contribution >= 0.6 is 0 Å². The smallest absolute Gasteiger partial charge is 0.338 e. The topological polar surface area (TPSA) is 93.6 Å². The lowest BCUT2D eigenvalue weighted by Gasteiger charge is -2.28. The van der Waals surface area contributed by atoms with E-state index in [1.54, 1.807) is 0 Å². The van der Waals surface area contributed by atoms with Gasteiger partial charge in [-0.2, -0.15) is 0 Å². The Hall–Kier alpha value is -2.74. The predicted molar refractivity (Wildman–Crippen MR) is 98.6 cm³/mol. The zero-order valence-electron chi connectivity index (χ0n) is 14.7. The van der Waals surface area contributed by atoms with Crippen LogP contribution in [0.4, 0.5) is 0 Å². The molecular formula is C19H20N2O5S. The number of aromatic nitrogens is 1. The molecule has 1 atom stereocenters. The maximum atomic E-state index is 12.7. The molecule has 0 unspecified atom stereocenters. The van der Waals surface area contributed by atoms with Gasteiger partial charge in [-0.15, -0.1) is 0 Å². The molecule has 27 heavy (non-hydrogen) atoms. The first kappa shape index (κ1) is 19.0. The van der Waals surface area contributed by atoms with E-state index in [1.165, 1.54) is 29.4 Å². The molecule has 0 radical (unpaired) electrons. The van der Waals surface area contributed by atoms with Gasteiger partial charge in [0.2, 0.25) is 0 Å². The number of carbonyl (C=O) groups is 2. The van der Waals surface area contributed by atoms with Crippen LogP contribution in [0.2, 0.25) is 0 Å². The van der Waals surface area contributed by atoms with Crippen LogP contribution < -0.4 is 0 Å². The van der Waals surface area contributed by atoms with Crippen LogP contribution in [0, 0.1) is 0 Å². The second kappa shape index (κ2) is 8.30. The third kappa shape index (κ3) is 5.13. The van der Waals surface area contributed by atoms with E-state index in [0.29, 0.717) is 12.0 Å². The average Bonchev–Trinajstić information content (AvgIpc) is 3.05. The van der Waals surface area contributed by atoms with E-state index in [4.69, 9.17) is 4.74 Å². The molecule has 1 fully saturated rings. The molecule has 2 aromatic rings. The van der Waals surface area contributed by atoms with E-state index < -0.39 is 34.4 Å². The molecule has 0 spiro atoms. The number of esters is 1. The zero-order valence-corrected chi connectivity index (χ0v) is 15.5. The van der Waals surface area contributed by atoms with Gasteiger partial charge in [-0.3, -0.25) is 9.78 Å². The number of sulfone groups is 1. The highest BCUT2D eigenvalue weighted by Gasteiger charge is 2.35. The lowest BCUT2D eigenvalue weighted by Crippen LogP contribution is -2.42.